The molecule has 0 aliphatic heterocycles. The molecule has 0 radical (unpaired) electrons. The molecule has 0 bridgehead atoms. The Bertz CT molecular complexity index is 1310. The molecule has 3 aromatic carbocycles. The Kier molecular flexibility index (Phi) is 3.40. The summed E-state index contributed by atoms with van der Waals surface area (Å²) < 4.78 is 16.8. The first kappa shape index (κ1) is 15.5. The lowest BCUT2D eigenvalue weighted by atomic mass is 10.1. The predicted octanol–water partition coefficient (Wildman–Crippen LogP) is 5.59. The first-order chi connectivity index (χ1) is 13.2. The number of para-hydroxylation sites is 2. The van der Waals surface area contributed by atoms with Crippen LogP contribution in [-0.4, -0.2) is 13.0 Å². The zero-order valence-corrected chi connectivity index (χ0v) is 14.5. The number of anilines is 1. The van der Waals surface area contributed by atoms with Crippen LogP contribution < -0.4 is 10.1 Å². The van der Waals surface area contributed by atoms with E-state index in [4.69, 9.17) is 13.6 Å². The summed E-state index contributed by atoms with van der Waals surface area (Å²) in [5.74, 6) is 0.484. The minimum atomic E-state index is -0.330. The van der Waals surface area contributed by atoms with Gasteiger partial charge in [-0.25, -0.2) is 0 Å². The van der Waals surface area contributed by atoms with Gasteiger partial charge < -0.3 is 18.9 Å². The quantitative estimate of drug-likeness (QED) is 0.457. The molecule has 2 heterocycles. The van der Waals surface area contributed by atoms with E-state index >= 15 is 0 Å². The molecule has 0 saturated heterocycles. The van der Waals surface area contributed by atoms with Crippen LogP contribution in [0.3, 0.4) is 0 Å². The molecular weight excluding hydrogens is 342 g/mol. The second-order valence-electron chi connectivity index (χ2n) is 6.25. The minimum Gasteiger partial charge on any atom is -0.493 e. The van der Waals surface area contributed by atoms with Crippen molar-refractivity contribution in [3.63, 3.8) is 0 Å². The lowest BCUT2D eigenvalue weighted by Crippen LogP contribution is -2.10. The van der Waals surface area contributed by atoms with Crippen molar-refractivity contribution in [2.45, 2.75) is 0 Å². The second-order valence-corrected chi connectivity index (χ2v) is 6.25. The maximum atomic E-state index is 12.6. The highest BCUT2D eigenvalue weighted by molar-refractivity contribution is 6.08. The van der Waals surface area contributed by atoms with E-state index in [0.717, 1.165) is 27.3 Å². The predicted molar refractivity (Wildman–Crippen MR) is 104 cm³/mol. The van der Waals surface area contributed by atoms with Crippen molar-refractivity contribution in [1.82, 2.24) is 0 Å². The molecule has 5 aromatic rings. The van der Waals surface area contributed by atoms with Crippen molar-refractivity contribution in [3.8, 4) is 5.75 Å². The van der Waals surface area contributed by atoms with Crippen LogP contribution >= 0.6 is 0 Å². The topological polar surface area (TPSA) is 64.6 Å². The number of carbonyl (C=O) groups excluding carboxylic acids is 1. The van der Waals surface area contributed by atoms with Gasteiger partial charge in [0.15, 0.2) is 17.1 Å². The molecule has 0 aliphatic carbocycles. The second kappa shape index (κ2) is 5.92. The average molecular weight is 357 g/mol. The summed E-state index contributed by atoms with van der Waals surface area (Å²) in [4.78, 5) is 12.6. The third-order valence-corrected chi connectivity index (χ3v) is 4.59. The van der Waals surface area contributed by atoms with E-state index in [1.54, 1.807) is 19.2 Å². The van der Waals surface area contributed by atoms with Crippen molar-refractivity contribution in [1.29, 1.82) is 0 Å². The van der Waals surface area contributed by atoms with Crippen LogP contribution in [0.15, 0.2) is 75.6 Å². The van der Waals surface area contributed by atoms with Crippen LogP contribution in [0, 0.1) is 0 Å². The van der Waals surface area contributed by atoms with E-state index in [1.807, 2.05) is 54.6 Å². The van der Waals surface area contributed by atoms with Gasteiger partial charge in [-0.15, -0.1) is 0 Å². The van der Waals surface area contributed by atoms with Crippen molar-refractivity contribution >= 4 is 44.5 Å². The molecule has 132 valence electrons. The van der Waals surface area contributed by atoms with Gasteiger partial charge in [0, 0.05) is 27.9 Å². The zero-order chi connectivity index (χ0) is 18.4. The number of rotatable bonds is 3. The standard InChI is InChI=1S/C22H15NO4/c1-25-18-8-4-5-13-11-20(27-21(13)18)22(24)23-14-9-10-16-15-6-2-3-7-17(15)26-19(16)12-14/h2-12H,1H3,(H,23,24). The Morgan fingerprint density at radius 2 is 1.74 bits per heavy atom. The molecule has 5 rings (SSSR count). The van der Waals surface area contributed by atoms with Gasteiger partial charge in [-0.1, -0.05) is 30.3 Å². The van der Waals surface area contributed by atoms with E-state index in [2.05, 4.69) is 5.32 Å². The molecule has 0 atom stereocenters. The molecule has 2 aromatic heterocycles. The highest BCUT2D eigenvalue weighted by atomic mass is 16.5. The van der Waals surface area contributed by atoms with Crippen LogP contribution in [0.2, 0.25) is 0 Å². The van der Waals surface area contributed by atoms with Gasteiger partial charge in [-0.2, -0.15) is 0 Å². The summed E-state index contributed by atoms with van der Waals surface area (Å²) in [5, 5.41) is 5.73. The number of ether oxygens (including phenoxy) is 1. The van der Waals surface area contributed by atoms with Crippen LogP contribution in [-0.2, 0) is 0 Å². The Labute approximate surface area is 154 Å². The van der Waals surface area contributed by atoms with Crippen LogP contribution in [0.25, 0.3) is 32.9 Å². The number of amides is 1. The van der Waals surface area contributed by atoms with Crippen molar-refractivity contribution in [2.24, 2.45) is 0 Å². The van der Waals surface area contributed by atoms with Crippen LogP contribution in [0.5, 0.6) is 5.75 Å². The third kappa shape index (κ3) is 2.52. The number of fused-ring (bicyclic) bond motifs is 4. The smallest absolute Gasteiger partial charge is 0.291 e. The molecule has 0 aliphatic rings. The number of benzene rings is 3. The summed E-state index contributed by atoms with van der Waals surface area (Å²) in [6.07, 6.45) is 0. The maximum absolute atomic E-state index is 12.6. The molecule has 27 heavy (non-hydrogen) atoms. The number of carbonyl (C=O) groups is 1. The fourth-order valence-electron chi connectivity index (χ4n) is 3.31. The molecule has 1 N–H and O–H groups in total. The Morgan fingerprint density at radius 1 is 0.889 bits per heavy atom. The maximum Gasteiger partial charge on any atom is 0.291 e. The van der Waals surface area contributed by atoms with Crippen molar-refractivity contribution in [2.75, 3.05) is 12.4 Å². The third-order valence-electron chi connectivity index (χ3n) is 4.59. The SMILES string of the molecule is COc1cccc2cc(C(=O)Nc3ccc4c(c3)oc3ccccc34)oc12. The Morgan fingerprint density at radius 3 is 2.63 bits per heavy atom. The summed E-state index contributed by atoms with van der Waals surface area (Å²) in [5.41, 5.74) is 2.73. The van der Waals surface area contributed by atoms with E-state index in [9.17, 15) is 4.79 Å². The lowest BCUT2D eigenvalue weighted by molar-refractivity contribution is 0.0998. The lowest BCUT2D eigenvalue weighted by Gasteiger charge is -2.03. The number of hydrogen-bond acceptors (Lipinski definition) is 4. The highest BCUT2D eigenvalue weighted by Gasteiger charge is 2.16. The number of hydrogen-bond donors (Lipinski definition) is 1. The summed E-state index contributed by atoms with van der Waals surface area (Å²) in [6, 6.07) is 20.7. The molecule has 1 amide bonds. The minimum absolute atomic E-state index is 0.221. The van der Waals surface area contributed by atoms with Crippen molar-refractivity contribution in [3.05, 3.63) is 72.5 Å². The van der Waals surface area contributed by atoms with Gasteiger partial charge in [0.05, 0.1) is 7.11 Å². The highest BCUT2D eigenvalue weighted by Crippen LogP contribution is 2.31. The van der Waals surface area contributed by atoms with Gasteiger partial charge in [0.25, 0.3) is 5.91 Å². The average Bonchev–Trinajstić information content (AvgIpc) is 3.28. The monoisotopic (exact) mass is 357 g/mol. The molecule has 0 spiro atoms. The normalized spacial score (nSPS) is 11.3. The van der Waals surface area contributed by atoms with Crippen LogP contribution in [0.4, 0.5) is 5.69 Å². The first-order valence-electron chi connectivity index (χ1n) is 8.52. The summed E-state index contributed by atoms with van der Waals surface area (Å²) in [6.45, 7) is 0. The van der Waals surface area contributed by atoms with E-state index < -0.39 is 0 Å². The summed E-state index contributed by atoms with van der Waals surface area (Å²) in [7, 11) is 1.57. The van der Waals surface area contributed by atoms with Crippen LogP contribution in [0.1, 0.15) is 10.6 Å². The molecule has 0 fully saturated rings. The Hall–Kier alpha value is -3.73. The molecule has 5 nitrogen and oxygen atoms in total. The number of furan rings is 2. The molecule has 0 unspecified atom stereocenters. The van der Waals surface area contributed by atoms with Crippen molar-refractivity contribution < 1.29 is 18.4 Å². The number of methoxy groups -OCH3 is 1. The molecule has 5 heteroatoms. The van der Waals surface area contributed by atoms with Gasteiger partial charge in [0.2, 0.25) is 0 Å². The van der Waals surface area contributed by atoms with E-state index in [-0.39, 0.29) is 11.7 Å². The summed E-state index contributed by atoms with van der Waals surface area (Å²) >= 11 is 0. The molecule has 0 saturated carbocycles. The first-order valence-corrected chi connectivity index (χ1v) is 8.52. The van der Waals surface area contributed by atoms with Gasteiger partial charge in [-0.05, 0) is 30.3 Å². The van der Waals surface area contributed by atoms with Gasteiger partial charge in [-0.3, -0.25) is 4.79 Å². The largest absolute Gasteiger partial charge is 0.493 e. The zero-order valence-electron chi connectivity index (χ0n) is 14.5. The van der Waals surface area contributed by atoms with Gasteiger partial charge in [0.1, 0.15) is 11.2 Å². The van der Waals surface area contributed by atoms with Gasteiger partial charge >= 0.3 is 0 Å². The Balaban J connectivity index is 1.49. The fraction of sp³-hybridized carbons (Fsp3) is 0.0455. The molecular formula is C22H15NO4. The van der Waals surface area contributed by atoms with E-state index in [0.29, 0.717) is 17.0 Å². The van der Waals surface area contributed by atoms with E-state index in [1.165, 1.54) is 0 Å². The fourth-order valence-corrected chi connectivity index (χ4v) is 3.31. The number of nitrogens with one attached hydrogen (secondary N) is 1.